The molecule has 0 radical (unpaired) electrons. The third kappa shape index (κ3) is 5.19. The van der Waals surface area contributed by atoms with Crippen LogP contribution in [0.4, 0.5) is 5.69 Å². The monoisotopic (exact) mass is 588 g/mol. The van der Waals surface area contributed by atoms with Gasteiger partial charge in [-0.25, -0.2) is 0 Å². The number of aromatic nitrogens is 1. The average Bonchev–Trinajstić information content (AvgIpc) is 3.71. The molecule has 226 valence electrons. The van der Waals surface area contributed by atoms with Crippen LogP contribution in [0.3, 0.4) is 0 Å². The van der Waals surface area contributed by atoms with Gasteiger partial charge < -0.3 is 24.0 Å². The van der Waals surface area contributed by atoms with Gasteiger partial charge in [0.15, 0.2) is 0 Å². The SMILES string of the molecule is COc1ccccc1-c1ccc(C(=O)N2Cc3ccc(C(=O)N4CCC(N5CCCC5)CC4)n3Cc3ccccc32)cc1C. The summed E-state index contributed by atoms with van der Waals surface area (Å²) in [6.07, 6.45) is 4.67. The standard InChI is InChI=1S/C37H40N4O3/c1-26-23-27(13-15-31(26)32-10-4-6-12-35(32)44-2)36(42)41-25-30-14-16-34(40(30)24-28-9-3-5-11-33(28)41)37(43)39-21-17-29(18-22-39)38-19-7-8-20-38/h3-6,9-16,23,29H,7-8,17-22,24-25H2,1-2H3. The lowest BCUT2D eigenvalue weighted by molar-refractivity contribution is 0.0634. The van der Waals surface area contributed by atoms with E-state index in [0.29, 0.717) is 30.4 Å². The van der Waals surface area contributed by atoms with E-state index in [2.05, 4.69) is 15.5 Å². The molecular weight excluding hydrogens is 548 g/mol. The normalized spacial score (nSPS) is 17.2. The minimum atomic E-state index is -0.0568. The molecule has 2 saturated heterocycles. The number of nitrogens with zero attached hydrogens (tertiary/aromatic N) is 4. The van der Waals surface area contributed by atoms with Gasteiger partial charge in [0.25, 0.3) is 11.8 Å². The van der Waals surface area contributed by atoms with E-state index in [1.54, 1.807) is 7.11 Å². The molecule has 3 aliphatic rings. The number of likely N-dealkylation sites (tertiary alicyclic amines) is 2. The maximum Gasteiger partial charge on any atom is 0.270 e. The number of methoxy groups -OCH3 is 1. The summed E-state index contributed by atoms with van der Waals surface area (Å²) in [5.41, 5.74) is 7.27. The molecule has 7 nitrogen and oxygen atoms in total. The highest BCUT2D eigenvalue weighted by atomic mass is 16.5. The van der Waals surface area contributed by atoms with Gasteiger partial charge in [0.1, 0.15) is 11.4 Å². The number of aryl methyl sites for hydroxylation is 1. The summed E-state index contributed by atoms with van der Waals surface area (Å²) in [6, 6.07) is 26.5. The number of rotatable bonds is 5. The maximum absolute atomic E-state index is 14.2. The zero-order chi connectivity index (χ0) is 30.2. The summed E-state index contributed by atoms with van der Waals surface area (Å²) in [5.74, 6) is 0.841. The van der Waals surface area contributed by atoms with Crippen LogP contribution in [0.15, 0.2) is 78.9 Å². The third-order valence-electron chi connectivity index (χ3n) is 9.75. The minimum absolute atomic E-state index is 0.0568. The Hall–Kier alpha value is -4.36. The average molecular weight is 589 g/mol. The molecule has 7 heteroatoms. The number of anilines is 1. The first kappa shape index (κ1) is 28.4. The number of hydrogen-bond acceptors (Lipinski definition) is 4. The van der Waals surface area contributed by atoms with Crippen LogP contribution >= 0.6 is 0 Å². The zero-order valence-electron chi connectivity index (χ0n) is 25.7. The second-order valence-electron chi connectivity index (χ2n) is 12.3. The predicted molar refractivity (Wildman–Crippen MR) is 173 cm³/mol. The van der Waals surface area contributed by atoms with Crippen LogP contribution in [0.2, 0.25) is 0 Å². The van der Waals surface area contributed by atoms with Crippen molar-refractivity contribution < 1.29 is 14.3 Å². The van der Waals surface area contributed by atoms with E-state index in [1.807, 2.05) is 89.5 Å². The lowest BCUT2D eigenvalue weighted by Crippen LogP contribution is -2.46. The van der Waals surface area contributed by atoms with Gasteiger partial charge in [0, 0.05) is 41.6 Å². The Morgan fingerprint density at radius 1 is 0.773 bits per heavy atom. The molecule has 3 aliphatic heterocycles. The summed E-state index contributed by atoms with van der Waals surface area (Å²) < 4.78 is 7.71. The Balaban J connectivity index is 1.15. The fourth-order valence-corrected chi connectivity index (χ4v) is 7.35. The van der Waals surface area contributed by atoms with Crippen LogP contribution in [-0.2, 0) is 13.1 Å². The molecule has 4 aromatic rings. The minimum Gasteiger partial charge on any atom is -0.496 e. The topological polar surface area (TPSA) is 58.0 Å². The molecule has 1 aromatic heterocycles. The molecule has 0 saturated carbocycles. The highest BCUT2D eigenvalue weighted by molar-refractivity contribution is 6.07. The number of benzene rings is 3. The molecule has 4 heterocycles. The lowest BCUT2D eigenvalue weighted by atomic mass is 9.97. The van der Waals surface area contributed by atoms with Crippen LogP contribution in [0, 0.1) is 6.92 Å². The van der Waals surface area contributed by atoms with Crippen molar-refractivity contribution in [3.05, 3.63) is 107 Å². The summed E-state index contributed by atoms with van der Waals surface area (Å²) in [7, 11) is 1.68. The number of amides is 2. The molecule has 7 rings (SSSR count). The first-order valence-electron chi connectivity index (χ1n) is 15.9. The largest absolute Gasteiger partial charge is 0.496 e. The number of ether oxygens (including phenoxy) is 1. The predicted octanol–water partition coefficient (Wildman–Crippen LogP) is 6.38. The van der Waals surface area contributed by atoms with Gasteiger partial charge in [-0.1, -0.05) is 42.5 Å². The van der Waals surface area contributed by atoms with E-state index in [0.717, 1.165) is 65.3 Å². The molecule has 0 bridgehead atoms. The fraction of sp³-hybridized carbons (Fsp3) is 0.351. The molecule has 0 N–H and O–H groups in total. The van der Waals surface area contributed by atoms with Crippen molar-refractivity contribution in [1.29, 1.82) is 0 Å². The van der Waals surface area contributed by atoms with Crippen molar-refractivity contribution in [3.63, 3.8) is 0 Å². The van der Waals surface area contributed by atoms with Crippen molar-refractivity contribution in [2.24, 2.45) is 0 Å². The van der Waals surface area contributed by atoms with Gasteiger partial charge >= 0.3 is 0 Å². The van der Waals surface area contributed by atoms with Crippen LogP contribution in [0.5, 0.6) is 5.75 Å². The summed E-state index contributed by atoms with van der Waals surface area (Å²) in [5, 5.41) is 0. The van der Waals surface area contributed by atoms with Gasteiger partial charge in [-0.05, 0) is 98.8 Å². The molecule has 2 amide bonds. The van der Waals surface area contributed by atoms with E-state index >= 15 is 0 Å². The summed E-state index contributed by atoms with van der Waals surface area (Å²) >= 11 is 0. The fourth-order valence-electron chi connectivity index (χ4n) is 7.35. The molecule has 0 spiro atoms. The number of para-hydroxylation sites is 2. The van der Waals surface area contributed by atoms with Crippen molar-refractivity contribution in [3.8, 4) is 16.9 Å². The Labute approximate surface area is 259 Å². The summed E-state index contributed by atoms with van der Waals surface area (Å²) in [4.78, 5) is 34.5. The quantitative estimate of drug-likeness (QED) is 0.272. The van der Waals surface area contributed by atoms with Crippen LogP contribution in [0.1, 0.15) is 63.4 Å². The van der Waals surface area contributed by atoms with Gasteiger partial charge in [0.05, 0.1) is 20.2 Å². The second-order valence-corrected chi connectivity index (χ2v) is 12.3. The third-order valence-corrected chi connectivity index (χ3v) is 9.75. The van der Waals surface area contributed by atoms with Crippen molar-refractivity contribution in [1.82, 2.24) is 14.4 Å². The van der Waals surface area contributed by atoms with Gasteiger partial charge in [-0.2, -0.15) is 0 Å². The van der Waals surface area contributed by atoms with Gasteiger partial charge in [0.2, 0.25) is 0 Å². The first-order valence-corrected chi connectivity index (χ1v) is 15.9. The molecule has 2 fully saturated rings. The number of piperidine rings is 1. The van der Waals surface area contributed by atoms with Crippen molar-refractivity contribution in [2.75, 3.05) is 38.2 Å². The number of carbonyl (C=O) groups excluding carboxylic acids is 2. The van der Waals surface area contributed by atoms with Crippen LogP contribution < -0.4 is 9.64 Å². The van der Waals surface area contributed by atoms with E-state index in [1.165, 1.54) is 25.9 Å². The van der Waals surface area contributed by atoms with Crippen LogP contribution in [-0.4, -0.2) is 65.5 Å². The Morgan fingerprint density at radius 3 is 2.30 bits per heavy atom. The highest BCUT2D eigenvalue weighted by Crippen LogP contribution is 2.34. The van der Waals surface area contributed by atoms with Gasteiger partial charge in [-0.3, -0.25) is 9.59 Å². The van der Waals surface area contributed by atoms with E-state index in [9.17, 15) is 9.59 Å². The lowest BCUT2D eigenvalue weighted by Gasteiger charge is -2.36. The molecule has 44 heavy (non-hydrogen) atoms. The van der Waals surface area contributed by atoms with Crippen LogP contribution in [0.25, 0.3) is 11.1 Å². The number of hydrogen-bond donors (Lipinski definition) is 0. The molecular formula is C37H40N4O3. The highest BCUT2D eigenvalue weighted by Gasteiger charge is 2.32. The van der Waals surface area contributed by atoms with Crippen molar-refractivity contribution >= 4 is 17.5 Å². The van der Waals surface area contributed by atoms with Crippen molar-refractivity contribution in [2.45, 2.75) is 51.7 Å². The molecule has 0 aliphatic carbocycles. The molecule has 3 aromatic carbocycles. The number of carbonyl (C=O) groups is 2. The van der Waals surface area contributed by atoms with Gasteiger partial charge in [-0.15, -0.1) is 0 Å². The summed E-state index contributed by atoms with van der Waals surface area (Å²) in [6.45, 7) is 6.98. The Morgan fingerprint density at radius 2 is 1.52 bits per heavy atom. The molecule has 0 atom stereocenters. The Kier molecular flexibility index (Phi) is 7.73. The molecule has 0 unspecified atom stereocenters. The smallest absolute Gasteiger partial charge is 0.270 e. The second kappa shape index (κ2) is 12.0. The van der Waals surface area contributed by atoms with E-state index in [4.69, 9.17) is 4.74 Å². The first-order chi connectivity index (χ1) is 21.5. The Bertz CT molecular complexity index is 1690. The zero-order valence-corrected chi connectivity index (χ0v) is 25.7. The van der Waals surface area contributed by atoms with E-state index < -0.39 is 0 Å². The number of fused-ring (bicyclic) bond motifs is 2. The van der Waals surface area contributed by atoms with E-state index in [-0.39, 0.29) is 11.8 Å². The maximum atomic E-state index is 14.2.